The van der Waals surface area contributed by atoms with Gasteiger partial charge in [0.1, 0.15) is 17.8 Å². The molecule has 0 unspecified atom stereocenters. The number of primary amides is 1. The van der Waals surface area contributed by atoms with Gasteiger partial charge < -0.3 is 16.6 Å². The molecule has 0 bridgehead atoms. The van der Waals surface area contributed by atoms with Crippen molar-refractivity contribution in [3.05, 3.63) is 41.6 Å². The second-order valence-electron chi connectivity index (χ2n) is 6.33. The Morgan fingerprint density at radius 1 is 1.22 bits per heavy atom. The molecule has 4 aromatic heterocycles. The van der Waals surface area contributed by atoms with Gasteiger partial charge in [0.05, 0.1) is 16.6 Å². The summed E-state index contributed by atoms with van der Waals surface area (Å²) in [6, 6.07) is 3.43. The SMILES string of the molecule is CC.Cc1c(O)ccc2c1c1c(N)c(C(N)=O)[n+]3cc(C)n4cnn2c4c13. The predicted octanol–water partition coefficient (Wildman–Crippen LogP) is 1.95. The lowest BCUT2D eigenvalue weighted by Gasteiger charge is -2.08. The van der Waals surface area contributed by atoms with E-state index in [9.17, 15) is 9.90 Å². The van der Waals surface area contributed by atoms with Gasteiger partial charge in [0, 0.05) is 10.9 Å². The lowest BCUT2D eigenvalue weighted by atomic mass is 10.0. The Balaban J connectivity index is 0.000000872. The van der Waals surface area contributed by atoms with Crippen molar-refractivity contribution in [3.63, 3.8) is 0 Å². The summed E-state index contributed by atoms with van der Waals surface area (Å²) < 4.78 is 5.46. The zero-order chi connectivity index (χ0) is 19.6. The number of hydrogen-bond donors (Lipinski definition) is 3. The molecule has 0 saturated heterocycles. The number of rotatable bonds is 1. The number of carbonyl (C=O) groups excluding carboxylic acids is 1. The van der Waals surface area contributed by atoms with E-state index in [1.807, 2.05) is 38.3 Å². The van der Waals surface area contributed by atoms with Gasteiger partial charge in [-0.05, 0) is 26.0 Å². The summed E-state index contributed by atoms with van der Waals surface area (Å²) in [5, 5.41) is 16.1. The van der Waals surface area contributed by atoms with Crippen LogP contribution in [0.2, 0.25) is 0 Å². The highest BCUT2D eigenvalue weighted by molar-refractivity contribution is 6.19. The van der Waals surface area contributed by atoms with Gasteiger partial charge in [-0.2, -0.15) is 5.10 Å². The average molecular weight is 365 g/mol. The number of aromatic hydroxyl groups is 1. The standard InChI is InChI=1S/C17H14N6O2.C2H6/c1-7-5-21-14-12(13(18)15(21)16(19)25)11-8(2)10(24)4-3-9(11)23-17(14)22(7)6-20-23;1-2/h3-6H,1-2H3,(H4-,18,19,24,25);1-2H3/p+1. The van der Waals surface area contributed by atoms with Crippen molar-refractivity contribution in [3.8, 4) is 5.75 Å². The molecule has 138 valence electrons. The number of nitrogens with two attached hydrogens (primary N) is 2. The largest absolute Gasteiger partial charge is 0.508 e. The molecule has 5 rings (SSSR count). The van der Waals surface area contributed by atoms with Gasteiger partial charge in [0.2, 0.25) is 5.65 Å². The van der Waals surface area contributed by atoms with Crippen LogP contribution in [0.5, 0.6) is 5.75 Å². The molecule has 0 radical (unpaired) electrons. The maximum absolute atomic E-state index is 12.1. The number of hydrogen-bond acceptors (Lipinski definition) is 4. The van der Waals surface area contributed by atoms with Gasteiger partial charge >= 0.3 is 5.91 Å². The van der Waals surface area contributed by atoms with Crippen LogP contribution in [0.3, 0.4) is 0 Å². The highest BCUT2D eigenvalue weighted by Gasteiger charge is 2.34. The van der Waals surface area contributed by atoms with E-state index in [4.69, 9.17) is 11.5 Å². The monoisotopic (exact) mass is 365 g/mol. The van der Waals surface area contributed by atoms with Gasteiger partial charge in [0.15, 0.2) is 6.20 Å². The fraction of sp³-hybridized carbons (Fsp3) is 0.211. The molecule has 1 amide bonds. The van der Waals surface area contributed by atoms with Crippen LogP contribution in [0.25, 0.3) is 27.5 Å². The first-order valence-electron chi connectivity index (χ1n) is 8.77. The lowest BCUT2D eigenvalue weighted by molar-refractivity contribution is -0.510. The summed E-state index contributed by atoms with van der Waals surface area (Å²) in [5.41, 5.74) is 16.4. The van der Waals surface area contributed by atoms with E-state index in [0.29, 0.717) is 16.6 Å². The molecule has 0 aliphatic carbocycles. The molecule has 0 fully saturated rings. The van der Waals surface area contributed by atoms with E-state index in [0.717, 1.165) is 27.8 Å². The number of pyridine rings is 1. The molecule has 5 aromatic rings. The minimum Gasteiger partial charge on any atom is -0.508 e. The number of carbonyl (C=O) groups is 1. The average Bonchev–Trinajstić information content (AvgIpc) is 3.20. The molecule has 1 aromatic carbocycles. The number of nitrogen functional groups attached to an aromatic ring is 1. The first-order valence-corrected chi connectivity index (χ1v) is 8.77. The zero-order valence-electron chi connectivity index (χ0n) is 15.6. The normalized spacial score (nSPS) is 11.6. The molecule has 27 heavy (non-hydrogen) atoms. The molecule has 8 heteroatoms. The summed E-state index contributed by atoms with van der Waals surface area (Å²) in [6.45, 7) is 7.73. The van der Waals surface area contributed by atoms with Gasteiger partial charge in [0.25, 0.3) is 11.2 Å². The Morgan fingerprint density at radius 3 is 2.59 bits per heavy atom. The van der Waals surface area contributed by atoms with Crippen LogP contribution in [0.4, 0.5) is 5.69 Å². The second kappa shape index (κ2) is 5.47. The van der Waals surface area contributed by atoms with Crippen molar-refractivity contribution >= 4 is 39.0 Å². The summed E-state index contributed by atoms with van der Waals surface area (Å²) in [5.74, 6) is -0.445. The first-order chi connectivity index (χ1) is 12.9. The van der Waals surface area contributed by atoms with E-state index in [-0.39, 0.29) is 11.4 Å². The molecular formula is C19H21N6O2+. The maximum Gasteiger partial charge on any atom is 0.316 e. The van der Waals surface area contributed by atoms with Crippen LogP contribution in [0.1, 0.15) is 35.6 Å². The van der Waals surface area contributed by atoms with Crippen molar-refractivity contribution in [2.75, 3.05) is 5.73 Å². The Hall–Kier alpha value is -3.55. The third-order valence-corrected chi connectivity index (χ3v) is 4.99. The quantitative estimate of drug-likeness (QED) is 0.311. The minimum atomic E-state index is -0.602. The molecule has 8 nitrogen and oxygen atoms in total. The van der Waals surface area contributed by atoms with E-state index in [1.165, 1.54) is 0 Å². The van der Waals surface area contributed by atoms with Crippen molar-refractivity contribution in [1.82, 2.24) is 14.0 Å². The van der Waals surface area contributed by atoms with Gasteiger partial charge in [-0.15, -0.1) is 4.40 Å². The fourth-order valence-electron chi connectivity index (χ4n) is 3.85. The lowest BCUT2D eigenvalue weighted by Crippen LogP contribution is -2.33. The second-order valence-corrected chi connectivity index (χ2v) is 6.33. The van der Waals surface area contributed by atoms with Crippen molar-refractivity contribution in [2.24, 2.45) is 5.73 Å². The third-order valence-electron chi connectivity index (χ3n) is 4.99. The topological polar surface area (TPSA) is 115 Å². The number of nitrogens with zero attached hydrogens (tertiary/aromatic N) is 4. The summed E-state index contributed by atoms with van der Waals surface area (Å²) in [6.07, 6.45) is 3.54. The molecule has 0 aliphatic rings. The van der Waals surface area contributed by atoms with Crippen molar-refractivity contribution < 1.29 is 14.3 Å². The van der Waals surface area contributed by atoms with Crippen molar-refractivity contribution in [1.29, 1.82) is 0 Å². The molecule has 5 N–H and O–H groups in total. The van der Waals surface area contributed by atoms with Crippen molar-refractivity contribution in [2.45, 2.75) is 27.7 Å². The Kier molecular flexibility index (Phi) is 3.42. The van der Waals surface area contributed by atoms with E-state index >= 15 is 0 Å². The van der Waals surface area contributed by atoms with Gasteiger partial charge in [-0.25, -0.2) is 4.52 Å². The number of benzene rings is 1. The fourth-order valence-corrected chi connectivity index (χ4v) is 3.85. The number of aryl methyl sites for hydroxylation is 2. The number of amides is 1. The molecule has 0 spiro atoms. The molecule has 0 atom stereocenters. The number of phenols is 1. The number of aromatic nitrogens is 4. The summed E-state index contributed by atoms with van der Waals surface area (Å²) in [4.78, 5) is 12.1. The first kappa shape index (κ1) is 16.9. The van der Waals surface area contributed by atoms with Crippen LogP contribution in [0.15, 0.2) is 24.7 Å². The number of phenolic OH excluding ortho intramolecular Hbond substituents is 1. The number of fused-ring (bicyclic) bond motifs is 3. The van der Waals surface area contributed by atoms with E-state index < -0.39 is 5.91 Å². The highest BCUT2D eigenvalue weighted by atomic mass is 16.3. The Labute approximate surface area is 154 Å². The van der Waals surface area contributed by atoms with Crippen LogP contribution < -0.4 is 15.9 Å². The minimum absolute atomic E-state index is 0.157. The summed E-state index contributed by atoms with van der Waals surface area (Å²) in [7, 11) is 0. The predicted molar refractivity (Wildman–Crippen MR) is 103 cm³/mol. The zero-order valence-corrected chi connectivity index (χ0v) is 15.6. The highest BCUT2D eigenvalue weighted by Crippen LogP contribution is 2.38. The van der Waals surface area contributed by atoms with Gasteiger partial charge in [-0.3, -0.25) is 9.20 Å². The smallest absolute Gasteiger partial charge is 0.316 e. The van der Waals surface area contributed by atoms with Crippen LogP contribution in [-0.2, 0) is 0 Å². The number of anilines is 1. The van der Waals surface area contributed by atoms with Crippen LogP contribution in [-0.4, -0.2) is 25.0 Å². The van der Waals surface area contributed by atoms with Crippen LogP contribution >= 0.6 is 0 Å². The van der Waals surface area contributed by atoms with Crippen LogP contribution in [0, 0.1) is 13.8 Å². The van der Waals surface area contributed by atoms with E-state index in [2.05, 4.69) is 5.10 Å². The maximum atomic E-state index is 12.1. The Morgan fingerprint density at radius 2 is 1.93 bits per heavy atom. The third kappa shape index (κ3) is 1.89. The molecular weight excluding hydrogens is 344 g/mol. The molecule has 0 saturated carbocycles. The molecule has 4 heterocycles. The van der Waals surface area contributed by atoms with Gasteiger partial charge in [-0.1, -0.05) is 13.8 Å². The van der Waals surface area contributed by atoms with E-state index in [1.54, 1.807) is 27.4 Å². The Bertz CT molecular complexity index is 1360. The molecule has 0 aliphatic heterocycles. The summed E-state index contributed by atoms with van der Waals surface area (Å²) >= 11 is 0.